The maximum atomic E-state index is 11.4. The third kappa shape index (κ3) is 2.59. The van der Waals surface area contributed by atoms with Crippen LogP contribution in [-0.2, 0) is 4.79 Å². The van der Waals surface area contributed by atoms with Gasteiger partial charge in [0.2, 0.25) is 0 Å². The Morgan fingerprint density at radius 3 is 2.62 bits per heavy atom. The third-order valence-corrected chi connectivity index (χ3v) is 3.19. The summed E-state index contributed by atoms with van der Waals surface area (Å²) >= 11 is 1.65. The zero-order valence-electron chi connectivity index (χ0n) is 7.40. The van der Waals surface area contributed by atoms with Gasteiger partial charge in [0.05, 0.1) is 5.75 Å². The van der Waals surface area contributed by atoms with Crippen molar-refractivity contribution in [1.29, 1.82) is 0 Å². The van der Waals surface area contributed by atoms with Gasteiger partial charge in [0.15, 0.2) is 0 Å². The predicted octanol–water partition coefficient (Wildman–Crippen LogP) is 2.76. The van der Waals surface area contributed by atoms with Crippen LogP contribution in [0.3, 0.4) is 0 Å². The van der Waals surface area contributed by atoms with Crippen molar-refractivity contribution in [3.8, 4) is 0 Å². The molecule has 0 unspecified atom stereocenters. The van der Waals surface area contributed by atoms with Gasteiger partial charge < -0.3 is 0 Å². The van der Waals surface area contributed by atoms with Crippen LogP contribution >= 0.6 is 11.8 Å². The number of hydrogen-bond donors (Lipinski definition) is 0. The number of carbonyl (C=O) groups is 1. The average molecular weight is 192 g/mol. The lowest BCUT2D eigenvalue weighted by Crippen LogP contribution is -2.02. The second-order valence-electron chi connectivity index (χ2n) is 3.34. The molecule has 0 aromatic heterocycles. The van der Waals surface area contributed by atoms with E-state index in [0.29, 0.717) is 17.5 Å². The highest BCUT2D eigenvalue weighted by atomic mass is 32.2. The van der Waals surface area contributed by atoms with Gasteiger partial charge in [-0.15, -0.1) is 11.8 Å². The molecule has 0 amide bonds. The number of thioether (sulfide) groups is 1. The molecule has 1 aromatic rings. The molecule has 1 aromatic carbocycles. The van der Waals surface area contributed by atoms with E-state index in [1.165, 1.54) is 4.90 Å². The van der Waals surface area contributed by atoms with E-state index >= 15 is 0 Å². The summed E-state index contributed by atoms with van der Waals surface area (Å²) in [6, 6.07) is 10.1. The fraction of sp³-hybridized carbons (Fsp3) is 0.364. The number of hydrogen-bond acceptors (Lipinski definition) is 2. The lowest BCUT2D eigenvalue weighted by atomic mass is 10.3. The van der Waals surface area contributed by atoms with Gasteiger partial charge in [-0.2, -0.15) is 0 Å². The topological polar surface area (TPSA) is 17.1 Å². The zero-order chi connectivity index (χ0) is 9.10. The first kappa shape index (κ1) is 8.82. The van der Waals surface area contributed by atoms with Crippen molar-refractivity contribution in [2.75, 3.05) is 5.75 Å². The number of benzene rings is 1. The molecular formula is C11H12OS. The van der Waals surface area contributed by atoms with E-state index in [1.807, 2.05) is 30.3 Å². The molecule has 0 saturated heterocycles. The highest BCUT2D eigenvalue weighted by molar-refractivity contribution is 8.00. The molecule has 13 heavy (non-hydrogen) atoms. The Morgan fingerprint density at radius 1 is 1.31 bits per heavy atom. The van der Waals surface area contributed by atoms with Crippen molar-refractivity contribution in [2.45, 2.75) is 17.7 Å². The Labute approximate surface area is 82.5 Å². The molecule has 0 aliphatic heterocycles. The fourth-order valence-electron chi connectivity index (χ4n) is 1.19. The van der Waals surface area contributed by atoms with Crippen LogP contribution in [0.2, 0.25) is 0 Å². The van der Waals surface area contributed by atoms with Crippen molar-refractivity contribution >= 4 is 17.5 Å². The molecule has 0 N–H and O–H groups in total. The van der Waals surface area contributed by atoms with Crippen LogP contribution in [0.1, 0.15) is 12.8 Å². The van der Waals surface area contributed by atoms with Crippen molar-refractivity contribution < 1.29 is 4.79 Å². The average Bonchev–Trinajstić information content (AvgIpc) is 2.99. The van der Waals surface area contributed by atoms with Gasteiger partial charge in [-0.25, -0.2) is 0 Å². The SMILES string of the molecule is O=C(CSc1ccccc1)C1CC1. The summed E-state index contributed by atoms with van der Waals surface area (Å²) in [5.74, 6) is 1.47. The highest BCUT2D eigenvalue weighted by Crippen LogP contribution is 2.31. The van der Waals surface area contributed by atoms with Gasteiger partial charge in [0, 0.05) is 10.8 Å². The molecule has 1 aliphatic carbocycles. The summed E-state index contributed by atoms with van der Waals surface area (Å²) in [6.45, 7) is 0. The largest absolute Gasteiger partial charge is 0.298 e. The number of carbonyl (C=O) groups excluding carboxylic acids is 1. The van der Waals surface area contributed by atoms with Crippen LogP contribution in [0, 0.1) is 5.92 Å². The second kappa shape index (κ2) is 3.97. The van der Waals surface area contributed by atoms with Crippen LogP contribution in [0.4, 0.5) is 0 Å². The zero-order valence-corrected chi connectivity index (χ0v) is 8.22. The maximum absolute atomic E-state index is 11.4. The van der Waals surface area contributed by atoms with Crippen LogP contribution in [0.5, 0.6) is 0 Å². The van der Waals surface area contributed by atoms with E-state index < -0.39 is 0 Å². The molecule has 0 radical (unpaired) electrons. The van der Waals surface area contributed by atoms with Gasteiger partial charge in [0.1, 0.15) is 5.78 Å². The number of rotatable bonds is 4. The summed E-state index contributed by atoms with van der Waals surface area (Å²) < 4.78 is 0. The molecule has 0 heterocycles. The Balaban J connectivity index is 1.82. The first-order valence-electron chi connectivity index (χ1n) is 4.57. The van der Waals surface area contributed by atoms with Crippen LogP contribution in [0.25, 0.3) is 0 Å². The van der Waals surface area contributed by atoms with E-state index in [1.54, 1.807) is 11.8 Å². The lowest BCUT2D eigenvalue weighted by Gasteiger charge is -1.98. The Morgan fingerprint density at radius 2 is 2.00 bits per heavy atom. The quantitative estimate of drug-likeness (QED) is 0.682. The minimum absolute atomic E-state index is 0.399. The molecule has 1 nitrogen and oxygen atoms in total. The molecule has 0 spiro atoms. The first-order valence-corrected chi connectivity index (χ1v) is 5.55. The second-order valence-corrected chi connectivity index (χ2v) is 4.39. The molecule has 2 heteroatoms. The van der Waals surface area contributed by atoms with Gasteiger partial charge in [-0.05, 0) is 25.0 Å². The summed E-state index contributed by atoms with van der Waals surface area (Å²) in [4.78, 5) is 12.5. The normalized spacial score (nSPS) is 15.7. The summed E-state index contributed by atoms with van der Waals surface area (Å²) in [5, 5.41) is 0. The van der Waals surface area contributed by atoms with Crippen LogP contribution < -0.4 is 0 Å². The molecule has 0 bridgehead atoms. The maximum Gasteiger partial charge on any atom is 0.146 e. The summed E-state index contributed by atoms with van der Waals surface area (Å²) in [5.41, 5.74) is 0. The third-order valence-electron chi connectivity index (χ3n) is 2.16. The first-order chi connectivity index (χ1) is 6.36. The molecular weight excluding hydrogens is 180 g/mol. The van der Waals surface area contributed by atoms with E-state index in [-0.39, 0.29) is 0 Å². The summed E-state index contributed by atoms with van der Waals surface area (Å²) in [7, 11) is 0. The van der Waals surface area contributed by atoms with Gasteiger partial charge in [-0.1, -0.05) is 18.2 Å². The molecule has 68 valence electrons. The molecule has 1 fully saturated rings. The molecule has 1 saturated carbocycles. The molecule has 0 atom stereocenters. The molecule has 1 aliphatic rings. The smallest absolute Gasteiger partial charge is 0.146 e. The van der Waals surface area contributed by atoms with Crippen molar-refractivity contribution in [3.63, 3.8) is 0 Å². The lowest BCUT2D eigenvalue weighted by molar-refractivity contribution is -0.117. The van der Waals surface area contributed by atoms with Gasteiger partial charge >= 0.3 is 0 Å². The Bertz CT molecular complexity index is 290. The predicted molar refractivity (Wildman–Crippen MR) is 54.9 cm³/mol. The van der Waals surface area contributed by atoms with Gasteiger partial charge in [0.25, 0.3) is 0 Å². The van der Waals surface area contributed by atoms with E-state index in [0.717, 1.165) is 12.8 Å². The molecule has 2 rings (SSSR count). The van der Waals surface area contributed by atoms with Crippen molar-refractivity contribution in [3.05, 3.63) is 30.3 Å². The minimum Gasteiger partial charge on any atom is -0.298 e. The monoisotopic (exact) mass is 192 g/mol. The van der Waals surface area contributed by atoms with E-state index in [2.05, 4.69) is 0 Å². The van der Waals surface area contributed by atoms with E-state index in [4.69, 9.17) is 0 Å². The number of Topliss-reactive ketones (excluding diaryl/α,β-unsaturated/α-hetero) is 1. The van der Waals surface area contributed by atoms with Gasteiger partial charge in [-0.3, -0.25) is 4.79 Å². The summed E-state index contributed by atoms with van der Waals surface area (Å²) in [6.07, 6.45) is 2.24. The van der Waals surface area contributed by atoms with Crippen molar-refractivity contribution in [2.24, 2.45) is 5.92 Å². The standard InChI is InChI=1S/C11H12OS/c12-11(9-6-7-9)8-13-10-4-2-1-3-5-10/h1-5,9H,6-8H2. The van der Waals surface area contributed by atoms with Crippen LogP contribution in [-0.4, -0.2) is 11.5 Å². The Hall–Kier alpha value is -0.760. The highest BCUT2D eigenvalue weighted by Gasteiger charge is 2.28. The van der Waals surface area contributed by atoms with Crippen molar-refractivity contribution in [1.82, 2.24) is 0 Å². The minimum atomic E-state index is 0.399. The number of ketones is 1. The Kier molecular flexibility index (Phi) is 2.69. The van der Waals surface area contributed by atoms with Crippen LogP contribution in [0.15, 0.2) is 35.2 Å². The van der Waals surface area contributed by atoms with E-state index in [9.17, 15) is 4.79 Å². The fourth-order valence-corrected chi connectivity index (χ4v) is 2.09.